The summed E-state index contributed by atoms with van der Waals surface area (Å²) in [4.78, 5) is 24.1. The van der Waals surface area contributed by atoms with Crippen LogP contribution in [0.1, 0.15) is 17.9 Å². The monoisotopic (exact) mass is 251 g/mol. The summed E-state index contributed by atoms with van der Waals surface area (Å²) < 4.78 is 0. The molecule has 17 heavy (non-hydrogen) atoms. The minimum absolute atomic E-state index is 0.185. The molecular formula is C12H13NO3S. The van der Waals surface area contributed by atoms with Gasteiger partial charge in [0, 0.05) is 12.7 Å². The van der Waals surface area contributed by atoms with E-state index in [1.165, 1.54) is 23.6 Å². The number of carboxylic acid groups (broad SMARTS) is 1. The Morgan fingerprint density at radius 1 is 1.35 bits per heavy atom. The first-order valence-corrected chi connectivity index (χ1v) is 6.34. The van der Waals surface area contributed by atoms with E-state index in [2.05, 4.69) is 0 Å². The van der Waals surface area contributed by atoms with Crippen molar-refractivity contribution >= 4 is 23.6 Å². The smallest absolute Gasteiger partial charge is 0.327 e. The maximum atomic E-state index is 11.6. The van der Waals surface area contributed by atoms with Crippen LogP contribution in [-0.2, 0) is 9.59 Å². The summed E-state index contributed by atoms with van der Waals surface area (Å²) in [5, 5.41) is 8.90. The van der Waals surface area contributed by atoms with Crippen LogP contribution < -0.4 is 0 Å². The number of carbonyl (C=O) groups excluding carboxylic acids is 1. The highest BCUT2D eigenvalue weighted by Crippen LogP contribution is 2.41. The van der Waals surface area contributed by atoms with Crippen molar-refractivity contribution in [1.82, 2.24) is 4.90 Å². The molecule has 1 amide bonds. The molecule has 1 heterocycles. The van der Waals surface area contributed by atoms with Crippen molar-refractivity contribution in [2.24, 2.45) is 0 Å². The fourth-order valence-corrected chi connectivity index (χ4v) is 3.43. The van der Waals surface area contributed by atoms with Gasteiger partial charge < -0.3 is 10.0 Å². The Balaban J connectivity index is 2.30. The van der Waals surface area contributed by atoms with Crippen molar-refractivity contribution in [3.05, 3.63) is 35.9 Å². The molecule has 5 heteroatoms. The van der Waals surface area contributed by atoms with Gasteiger partial charge in [-0.2, -0.15) is 0 Å². The highest BCUT2D eigenvalue weighted by Gasteiger charge is 2.40. The molecule has 1 aliphatic heterocycles. The third-order valence-electron chi connectivity index (χ3n) is 2.73. The molecule has 90 valence electrons. The highest BCUT2D eigenvalue weighted by atomic mass is 32.2. The van der Waals surface area contributed by atoms with Crippen LogP contribution in [0.2, 0.25) is 0 Å². The first-order chi connectivity index (χ1) is 8.11. The number of thioether (sulfide) groups is 1. The van der Waals surface area contributed by atoms with Gasteiger partial charge in [0.25, 0.3) is 0 Å². The van der Waals surface area contributed by atoms with Crippen LogP contribution >= 0.6 is 11.8 Å². The van der Waals surface area contributed by atoms with Gasteiger partial charge in [-0.25, -0.2) is 4.79 Å². The van der Waals surface area contributed by atoms with Crippen LogP contribution in [0.4, 0.5) is 0 Å². The zero-order chi connectivity index (χ0) is 12.4. The molecule has 4 nitrogen and oxygen atoms in total. The summed E-state index contributed by atoms with van der Waals surface area (Å²) in [7, 11) is 0. The lowest BCUT2D eigenvalue weighted by atomic mass is 10.2. The Labute approximate surface area is 104 Å². The third kappa shape index (κ3) is 2.29. The molecule has 0 saturated carbocycles. The summed E-state index contributed by atoms with van der Waals surface area (Å²) in [5.41, 5.74) is 0.969. The Hall–Kier alpha value is -1.49. The molecule has 0 aromatic heterocycles. The number of aliphatic carboxylic acids is 1. The van der Waals surface area contributed by atoms with Crippen molar-refractivity contribution in [2.45, 2.75) is 18.3 Å². The van der Waals surface area contributed by atoms with E-state index in [-0.39, 0.29) is 11.3 Å². The fourth-order valence-electron chi connectivity index (χ4n) is 1.96. The highest BCUT2D eigenvalue weighted by molar-refractivity contribution is 7.99. The van der Waals surface area contributed by atoms with Crippen LogP contribution in [0.3, 0.4) is 0 Å². The lowest BCUT2D eigenvalue weighted by Crippen LogP contribution is -2.41. The van der Waals surface area contributed by atoms with Crippen LogP contribution in [0.25, 0.3) is 0 Å². The maximum Gasteiger partial charge on any atom is 0.327 e. The number of rotatable bonds is 2. The summed E-state index contributed by atoms with van der Waals surface area (Å²) in [6.45, 7) is 1.41. The molecule has 1 aromatic carbocycles. The Bertz CT molecular complexity index is 435. The Kier molecular flexibility index (Phi) is 3.38. The third-order valence-corrected chi connectivity index (χ3v) is 4.06. The number of benzene rings is 1. The van der Waals surface area contributed by atoms with Gasteiger partial charge in [-0.15, -0.1) is 11.8 Å². The number of carbonyl (C=O) groups is 2. The van der Waals surface area contributed by atoms with Crippen molar-refractivity contribution < 1.29 is 14.7 Å². The second-order valence-corrected chi connectivity index (χ2v) is 4.99. The summed E-state index contributed by atoms with van der Waals surface area (Å²) >= 11 is 1.49. The van der Waals surface area contributed by atoms with E-state index in [1.54, 1.807) is 0 Å². The largest absolute Gasteiger partial charge is 0.480 e. The average Bonchev–Trinajstić information content (AvgIpc) is 2.74. The second kappa shape index (κ2) is 4.79. The molecule has 2 atom stereocenters. The number of carboxylic acids is 1. The Morgan fingerprint density at radius 2 is 2.00 bits per heavy atom. The zero-order valence-corrected chi connectivity index (χ0v) is 10.2. The van der Waals surface area contributed by atoms with E-state index in [4.69, 9.17) is 5.11 Å². The van der Waals surface area contributed by atoms with Gasteiger partial charge >= 0.3 is 5.97 Å². The van der Waals surface area contributed by atoms with E-state index >= 15 is 0 Å². The van der Waals surface area contributed by atoms with Gasteiger partial charge in [-0.3, -0.25) is 4.79 Å². The number of nitrogens with zero attached hydrogens (tertiary/aromatic N) is 1. The predicted octanol–water partition coefficient (Wildman–Crippen LogP) is 1.73. The van der Waals surface area contributed by atoms with Gasteiger partial charge in [0.05, 0.1) is 0 Å². The van der Waals surface area contributed by atoms with E-state index < -0.39 is 12.0 Å². The molecule has 1 N–H and O–H groups in total. The molecular weight excluding hydrogens is 238 g/mol. The van der Waals surface area contributed by atoms with Gasteiger partial charge in [-0.1, -0.05) is 30.3 Å². The fraction of sp³-hybridized carbons (Fsp3) is 0.333. The quantitative estimate of drug-likeness (QED) is 0.869. The molecule has 2 rings (SSSR count). The number of amides is 1. The standard InChI is InChI=1S/C12H13NO3S/c1-8(14)13-10(12(15)16)7-17-11(13)9-5-3-2-4-6-9/h2-6,10-11H,7H2,1H3,(H,15,16)/t10-,11-/m0/s1. The minimum atomic E-state index is -0.939. The van der Waals surface area contributed by atoms with Crippen molar-refractivity contribution in [3.8, 4) is 0 Å². The molecule has 0 radical (unpaired) electrons. The SMILES string of the molecule is CC(=O)N1[C@H](C(=O)O)CS[C@H]1c1ccccc1. The molecule has 1 aliphatic rings. The van der Waals surface area contributed by atoms with Crippen molar-refractivity contribution in [1.29, 1.82) is 0 Å². The van der Waals surface area contributed by atoms with E-state index in [9.17, 15) is 9.59 Å². The molecule has 0 aliphatic carbocycles. The zero-order valence-electron chi connectivity index (χ0n) is 9.37. The molecule has 0 unspecified atom stereocenters. The first-order valence-electron chi connectivity index (χ1n) is 5.29. The number of hydrogen-bond acceptors (Lipinski definition) is 3. The minimum Gasteiger partial charge on any atom is -0.480 e. The van der Waals surface area contributed by atoms with Crippen LogP contribution in [0.5, 0.6) is 0 Å². The lowest BCUT2D eigenvalue weighted by Gasteiger charge is -2.26. The van der Waals surface area contributed by atoms with Crippen molar-refractivity contribution in [3.63, 3.8) is 0 Å². The van der Waals surface area contributed by atoms with Gasteiger partial charge in [-0.05, 0) is 5.56 Å². The average molecular weight is 251 g/mol. The number of hydrogen-bond donors (Lipinski definition) is 1. The summed E-state index contributed by atoms with van der Waals surface area (Å²) in [5.74, 6) is -0.698. The topological polar surface area (TPSA) is 57.6 Å². The molecule has 1 fully saturated rings. The molecule has 0 bridgehead atoms. The summed E-state index contributed by atoms with van der Waals surface area (Å²) in [6, 6.07) is 8.79. The molecule has 1 saturated heterocycles. The van der Waals surface area contributed by atoms with Gasteiger partial charge in [0.1, 0.15) is 11.4 Å². The van der Waals surface area contributed by atoms with Crippen molar-refractivity contribution in [2.75, 3.05) is 5.75 Å². The normalized spacial score (nSPS) is 23.7. The molecule has 0 spiro atoms. The summed E-state index contributed by atoms with van der Waals surface area (Å²) in [6.07, 6.45) is 0. The van der Waals surface area contributed by atoms with Crippen LogP contribution in [0.15, 0.2) is 30.3 Å². The Morgan fingerprint density at radius 3 is 2.53 bits per heavy atom. The van der Waals surface area contributed by atoms with E-state index in [1.807, 2.05) is 30.3 Å². The second-order valence-electron chi connectivity index (χ2n) is 3.88. The first kappa shape index (κ1) is 12.0. The van der Waals surface area contributed by atoms with E-state index in [0.717, 1.165) is 5.56 Å². The van der Waals surface area contributed by atoms with Crippen LogP contribution in [-0.4, -0.2) is 33.7 Å². The van der Waals surface area contributed by atoms with Gasteiger partial charge in [0.15, 0.2) is 0 Å². The van der Waals surface area contributed by atoms with Crippen LogP contribution in [0, 0.1) is 0 Å². The lowest BCUT2D eigenvalue weighted by molar-refractivity contribution is -0.148. The van der Waals surface area contributed by atoms with E-state index in [0.29, 0.717) is 5.75 Å². The molecule has 1 aromatic rings. The maximum absolute atomic E-state index is 11.6. The predicted molar refractivity (Wildman–Crippen MR) is 65.6 cm³/mol. The van der Waals surface area contributed by atoms with Gasteiger partial charge in [0.2, 0.25) is 5.91 Å².